The van der Waals surface area contributed by atoms with Crippen LogP contribution in [-0.2, 0) is 35.2 Å². The summed E-state index contributed by atoms with van der Waals surface area (Å²) in [5, 5.41) is 4.22. The third kappa shape index (κ3) is 5.54. The molecule has 0 amide bonds. The Morgan fingerprint density at radius 2 is 1.24 bits per heavy atom. The van der Waals surface area contributed by atoms with Crippen LogP contribution in [0, 0.1) is 0 Å². The summed E-state index contributed by atoms with van der Waals surface area (Å²) in [6.07, 6.45) is -0.162. The van der Waals surface area contributed by atoms with Gasteiger partial charge in [-0.1, -0.05) is 48.5 Å². The molecule has 0 aliphatic rings. The van der Waals surface area contributed by atoms with Gasteiger partial charge in [-0.05, 0) is 27.6 Å². The van der Waals surface area contributed by atoms with Crippen LogP contribution >= 0.6 is 0 Å². The fourth-order valence-electron chi connectivity index (χ4n) is 3.11. The lowest BCUT2D eigenvalue weighted by molar-refractivity contribution is -0.153. The summed E-state index contributed by atoms with van der Waals surface area (Å²) >= 11 is 0. The van der Waals surface area contributed by atoms with Crippen molar-refractivity contribution in [2.75, 3.05) is 13.2 Å². The molecule has 3 rings (SSSR count). The number of hydrogen-bond acceptors (Lipinski definition) is 6. The van der Waals surface area contributed by atoms with Crippen molar-refractivity contribution in [1.29, 1.82) is 0 Å². The van der Waals surface area contributed by atoms with E-state index in [4.69, 9.17) is 9.47 Å². The van der Waals surface area contributed by atoms with Crippen molar-refractivity contribution in [3.8, 4) is 0 Å². The predicted molar refractivity (Wildman–Crippen MR) is 108 cm³/mol. The molecule has 3 aromatic rings. The van der Waals surface area contributed by atoms with Gasteiger partial charge in [0, 0.05) is 12.5 Å². The first kappa shape index (κ1) is 20.3. The highest BCUT2D eigenvalue weighted by atomic mass is 16.6. The molecule has 6 heteroatoms. The van der Waals surface area contributed by atoms with Crippen molar-refractivity contribution < 1.29 is 28.6 Å². The molecule has 0 fully saturated rings. The molecule has 0 unspecified atom stereocenters. The minimum absolute atomic E-state index is 0.000322. The molecule has 0 spiro atoms. The van der Waals surface area contributed by atoms with Gasteiger partial charge in [0.25, 0.3) is 0 Å². The van der Waals surface area contributed by atoms with E-state index in [1.165, 1.54) is 6.92 Å². The molecule has 0 aliphatic heterocycles. The molecule has 6 nitrogen and oxygen atoms in total. The molecular weight excluding hydrogens is 372 g/mol. The molecule has 0 bridgehead atoms. The zero-order valence-electron chi connectivity index (χ0n) is 16.2. The van der Waals surface area contributed by atoms with Gasteiger partial charge in [-0.2, -0.15) is 0 Å². The fourth-order valence-corrected chi connectivity index (χ4v) is 3.11. The van der Waals surface area contributed by atoms with Gasteiger partial charge in [-0.3, -0.25) is 14.4 Å². The minimum Gasteiger partial charge on any atom is -0.462 e. The minimum atomic E-state index is -0.537. The van der Waals surface area contributed by atoms with Crippen LogP contribution < -0.4 is 0 Å². The van der Waals surface area contributed by atoms with Crippen molar-refractivity contribution in [2.45, 2.75) is 26.4 Å². The Kier molecular flexibility index (Phi) is 6.79. The number of carbonyl (C=O) groups excluding carboxylic acids is 3. The van der Waals surface area contributed by atoms with E-state index in [1.807, 2.05) is 48.5 Å². The number of fused-ring (bicyclic) bond motifs is 2. The van der Waals surface area contributed by atoms with E-state index >= 15 is 0 Å². The smallest absolute Gasteiger partial charge is 0.306 e. The zero-order valence-corrected chi connectivity index (χ0v) is 16.2. The van der Waals surface area contributed by atoms with Crippen LogP contribution in [0.15, 0.2) is 54.6 Å². The molecule has 0 saturated heterocycles. The van der Waals surface area contributed by atoms with E-state index in [9.17, 15) is 14.4 Å². The first-order valence-corrected chi connectivity index (χ1v) is 9.38. The highest BCUT2D eigenvalue weighted by Gasteiger charge is 2.12. The number of benzene rings is 3. The summed E-state index contributed by atoms with van der Waals surface area (Å²) < 4.78 is 15.0. The Labute approximate surface area is 168 Å². The van der Waals surface area contributed by atoms with Crippen LogP contribution in [0.4, 0.5) is 0 Å². The molecule has 0 saturated carbocycles. The maximum atomic E-state index is 12.1. The van der Waals surface area contributed by atoms with Gasteiger partial charge in [0.1, 0.15) is 19.8 Å². The predicted octanol–water partition coefficient (Wildman–Crippen LogP) is 3.92. The van der Waals surface area contributed by atoms with Crippen molar-refractivity contribution in [2.24, 2.45) is 0 Å². The summed E-state index contributed by atoms with van der Waals surface area (Å²) in [7, 11) is 0. The zero-order chi connectivity index (χ0) is 20.6. The fraction of sp³-hybridized carbons (Fsp3) is 0.261. The van der Waals surface area contributed by atoms with Crippen LogP contribution in [0.2, 0.25) is 0 Å². The largest absolute Gasteiger partial charge is 0.462 e. The Morgan fingerprint density at radius 3 is 1.83 bits per heavy atom. The highest BCUT2D eigenvalue weighted by Crippen LogP contribution is 2.29. The number of carbonyl (C=O) groups is 3. The van der Waals surface area contributed by atoms with E-state index in [0.717, 1.165) is 27.1 Å². The van der Waals surface area contributed by atoms with E-state index < -0.39 is 17.9 Å². The molecule has 0 atom stereocenters. The van der Waals surface area contributed by atoms with Gasteiger partial charge >= 0.3 is 17.9 Å². The van der Waals surface area contributed by atoms with Crippen LogP contribution in [0.5, 0.6) is 0 Å². The first-order chi connectivity index (χ1) is 14.0. The van der Waals surface area contributed by atoms with Crippen LogP contribution in [0.25, 0.3) is 21.5 Å². The molecular formula is C23H22O6. The molecule has 29 heavy (non-hydrogen) atoms. The standard InChI is InChI=1S/C23H22O6/c1-16(24)27-12-13-28-22(25)10-11-23(26)29-15-21-19-8-4-2-6-17(19)14-18-7-3-5-9-20(18)21/h2-9,14H,10-13,15H2,1H3. The normalized spacial score (nSPS) is 10.7. The Bertz CT molecular complexity index is 986. The lowest BCUT2D eigenvalue weighted by Crippen LogP contribution is -2.14. The lowest BCUT2D eigenvalue weighted by Gasteiger charge is -2.12. The van der Waals surface area contributed by atoms with E-state index in [2.05, 4.69) is 10.8 Å². The summed E-state index contributed by atoms with van der Waals surface area (Å²) in [6, 6.07) is 18.0. The molecule has 0 aromatic heterocycles. The van der Waals surface area contributed by atoms with Gasteiger partial charge in [0.2, 0.25) is 0 Å². The van der Waals surface area contributed by atoms with Crippen LogP contribution in [-0.4, -0.2) is 31.1 Å². The van der Waals surface area contributed by atoms with Gasteiger partial charge in [0.15, 0.2) is 0 Å². The van der Waals surface area contributed by atoms with Crippen molar-refractivity contribution in [3.63, 3.8) is 0 Å². The van der Waals surface area contributed by atoms with E-state index in [0.29, 0.717) is 0 Å². The van der Waals surface area contributed by atoms with Crippen molar-refractivity contribution >= 4 is 39.5 Å². The Morgan fingerprint density at radius 1 is 0.724 bits per heavy atom. The number of rotatable bonds is 8. The monoisotopic (exact) mass is 394 g/mol. The Balaban J connectivity index is 1.58. The van der Waals surface area contributed by atoms with E-state index in [1.54, 1.807) is 0 Å². The lowest BCUT2D eigenvalue weighted by atomic mass is 9.97. The molecule has 150 valence electrons. The average Bonchev–Trinajstić information content (AvgIpc) is 2.72. The van der Waals surface area contributed by atoms with Crippen molar-refractivity contribution in [3.05, 3.63) is 60.2 Å². The van der Waals surface area contributed by atoms with Gasteiger partial charge in [-0.15, -0.1) is 0 Å². The maximum absolute atomic E-state index is 12.1. The molecule has 3 aromatic carbocycles. The summed E-state index contributed by atoms with van der Waals surface area (Å²) in [4.78, 5) is 34.4. The third-order valence-corrected chi connectivity index (χ3v) is 4.45. The van der Waals surface area contributed by atoms with Crippen molar-refractivity contribution in [1.82, 2.24) is 0 Å². The highest BCUT2D eigenvalue weighted by molar-refractivity contribution is 6.02. The number of ether oxygens (including phenoxy) is 3. The molecule has 0 aliphatic carbocycles. The number of hydrogen-bond donors (Lipinski definition) is 0. The molecule has 0 N–H and O–H groups in total. The van der Waals surface area contributed by atoms with E-state index in [-0.39, 0.29) is 32.7 Å². The van der Waals surface area contributed by atoms with Gasteiger partial charge in [-0.25, -0.2) is 0 Å². The van der Waals surface area contributed by atoms with Crippen LogP contribution in [0.3, 0.4) is 0 Å². The van der Waals surface area contributed by atoms with Gasteiger partial charge < -0.3 is 14.2 Å². The molecule has 0 radical (unpaired) electrons. The summed E-state index contributed by atoms with van der Waals surface area (Å²) in [5.41, 5.74) is 0.941. The quantitative estimate of drug-likeness (QED) is 0.249. The SMILES string of the molecule is CC(=O)OCCOC(=O)CCC(=O)OCc1c2ccccc2cc2ccccc12. The topological polar surface area (TPSA) is 78.9 Å². The van der Waals surface area contributed by atoms with Crippen LogP contribution in [0.1, 0.15) is 25.3 Å². The molecule has 0 heterocycles. The summed E-state index contributed by atoms with van der Waals surface area (Å²) in [5.74, 6) is -1.45. The second kappa shape index (κ2) is 9.68. The van der Waals surface area contributed by atoms with Gasteiger partial charge in [0.05, 0.1) is 12.8 Å². The average molecular weight is 394 g/mol. The second-order valence-corrected chi connectivity index (χ2v) is 6.52. The first-order valence-electron chi connectivity index (χ1n) is 9.38. The maximum Gasteiger partial charge on any atom is 0.306 e. The second-order valence-electron chi connectivity index (χ2n) is 6.52. The third-order valence-electron chi connectivity index (χ3n) is 4.45. The Hall–Kier alpha value is -3.41. The number of esters is 3. The summed E-state index contributed by atoms with van der Waals surface area (Å²) in [6.45, 7) is 1.37.